The molecule has 0 aromatic heterocycles. The average molecular weight is 226 g/mol. The van der Waals surface area contributed by atoms with Gasteiger partial charge in [-0.15, -0.1) is 0 Å². The normalized spacial score (nSPS) is 38.9. The van der Waals surface area contributed by atoms with Crippen LogP contribution in [0.4, 0.5) is 0 Å². The highest BCUT2D eigenvalue weighted by Crippen LogP contribution is 2.26. The van der Waals surface area contributed by atoms with Crippen molar-refractivity contribution in [1.29, 1.82) is 0 Å². The molecule has 3 N–H and O–H groups in total. The Balaban J connectivity index is 1.86. The molecule has 0 bridgehead atoms. The van der Waals surface area contributed by atoms with E-state index in [2.05, 4.69) is 5.32 Å². The van der Waals surface area contributed by atoms with Gasteiger partial charge in [0.1, 0.15) is 0 Å². The number of amides is 1. The zero-order valence-electron chi connectivity index (χ0n) is 9.95. The molecule has 2 fully saturated rings. The highest BCUT2D eigenvalue weighted by Gasteiger charge is 2.34. The van der Waals surface area contributed by atoms with E-state index in [1.54, 1.807) is 0 Å². The Morgan fingerprint density at radius 2 is 2.25 bits per heavy atom. The first-order valence-corrected chi connectivity index (χ1v) is 6.34. The van der Waals surface area contributed by atoms with Gasteiger partial charge in [0.2, 0.25) is 5.91 Å². The van der Waals surface area contributed by atoms with Gasteiger partial charge in [-0.2, -0.15) is 0 Å². The summed E-state index contributed by atoms with van der Waals surface area (Å²) in [5.74, 6) is 0.677. The van der Waals surface area contributed by atoms with Gasteiger partial charge >= 0.3 is 0 Å². The number of rotatable bonds is 3. The van der Waals surface area contributed by atoms with E-state index in [0.717, 1.165) is 19.3 Å². The van der Waals surface area contributed by atoms with Crippen LogP contribution in [0.15, 0.2) is 0 Å². The van der Waals surface area contributed by atoms with Crippen molar-refractivity contribution in [2.75, 3.05) is 13.2 Å². The second-order valence-electron chi connectivity index (χ2n) is 5.01. The fraction of sp³-hybridized carbons (Fsp3) is 0.917. The lowest BCUT2D eigenvalue weighted by Gasteiger charge is -2.22. The van der Waals surface area contributed by atoms with Gasteiger partial charge in [0.05, 0.1) is 12.0 Å². The molecule has 4 unspecified atom stereocenters. The second-order valence-corrected chi connectivity index (χ2v) is 5.01. The Morgan fingerprint density at radius 3 is 2.88 bits per heavy atom. The van der Waals surface area contributed by atoms with Crippen LogP contribution in [0.2, 0.25) is 0 Å². The summed E-state index contributed by atoms with van der Waals surface area (Å²) in [6.07, 6.45) is 4.34. The van der Waals surface area contributed by atoms with E-state index in [9.17, 15) is 4.79 Å². The number of nitrogens with one attached hydrogen (secondary N) is 1. The third-order valence-corrected chi connectivity index (χ3v) is 4.00. The van der Waals surface area contributed by atoms with E-state index in [1.807, 2.05) is 6.92 Å². The predicted molar refractivity (Wildman–Crippen MR) is 61.8 cm³/mol. The maximum atomic E-state index is 12.0. The third kappa shape index (κ3) is 2.38. The smallest absolute Gasteiger partial charge is 0.226 e. The van der Waals surface area contributed by atoms with Crippen molar-refractivity contribution in [2.24, 2.45) is 17.6 Å². The van der Waals surface area contributed by atoms with Crippen molar-refractivity contribution < 1.29 is 9.53 Å². The van der Waals surface area contributed by atoms with Crippen molar-refractivity contribution in [2.45, 2.75) is 44.8 Å². The van der Waals surface area contributed by atoms with Crippen molar-refractivity contribution in [3.8, 4) is 0 Å². The molecule has 2 rings (SSSR count). The molecule has 1 heterocycles. The van der Waals surface area contributed by atoms with Gasteiger partial charge in [0, 0.05) is 12.6 Å². The van der Waals surface area contributed by atoms with Crippen LogP contribution in [0.3, 0.4) is 0 Å². The van der Waals surface area contributed by atoms with Crippen LogP contribution < -0.4 is 11.1 Å². The van der Waals surface area contributed by atoms with Crippen LogP contribution in [0.1, 0.15) is 32.6 Å². The van der Waals surface area contributed by atoms with Gasteiger partial charge in [-0.05, 0) is 38.6 Å². The van der Waals surface area contributed by atoms with Crippen LogP contribution in [-0.4, -0.2) is 31.2 Å². The molecule has 1 saturated heterocycles. The summed E-state index contributed by atoms with van der Waals surface area (Å²) in [6.45, 7) is 3.37. The number of hydrogen-bond acceptors (Lipinski definition) is 3. The first kappa shape index (κ1) is 11.9. The number of nitrogens with two attached hydrogens (primary N) is 1. The molecule has 0 aromatic rings. The molecule has 4 nitrogen and oxygen atoms in total. The maximum absolute atomic E-state index is 12.0. The number of ether oxygens (including phenoxy) is 1. The minimum Gasteiger partial charge on any atom is -0.378 e. The van der Waals surface area contributed by atoms with Crippen LogP contribution in [0.5, 0.6) is 0 Å². The lowest BCUT2D eigenvalue weighted by atomic mass is 9.99. The lowest BCUT2D eigenvalue weighted by molar-refractivity contribution is -0.127. The molecule has 1 saturated carbocycles. The third-order valence-electron chi connectivity index (χ3n) is 4.00. The summed E-state index contributed by atoms with van der Waals surface area (Å²) in [7, 11) is 0. The van der Waals surface area contributed by atoms with Gasteiger partial charge in [0.25, 0.3) is 0 Å². The molecule has 1 aliphatic heterocycles. The van der Waals surface area contributed by atoms with Crippen LogP contribution in [-0.2, 0) is 9.53 Å². The first-order valence-electron chi connectivity index (χ1n) is 6.34. The Morgan fingerprint density at radius 1 is 1.44 bits per heavy atom. The molecule has 0 radical (unpaired) electrons. The van der Waals surface area contributed by atoms with E-state index < -0.39 is 0 Å². The molecule has 16 heavy (non-hydrogen) atoms. The summed E-state index contributed by atoms with van der Waals surface area (Å²) >= 11 is 0. The molecule has 4 heteroatoms. The number of carbonyl (C=O) groups is 1. The van der Waals surface area contributed by atoms with Crippen LogP contribution >= 0.6 is 0 Å². The zero-order chi connectivity index (χ0) is 11.5. The number of hydrogen-bond donors (Lipinski definition) is 2. The quantitative estimate of drug-likeness (QED) is 0.743. The molecular weight excluding hydrogens is 204 g/mol. The standard InChI is InChI=1S/C12H22N2O2/c1-8-10(5-6-16-8)12(15)14-11-4-2-3-9(11)7-13/h8-11H,2-7,13H2,1H3,(H,14,15). The molecule has 0 aromatic carbocycles. The Kier molecular flexibility index (Phi) is 3.82. The van der Waals surface area contributed by atoms with E-state index in [0.29, 0.717) is 25.1 Å². The minimum atomic E-state index is 0.0408. The fourth-order valence-electron chi connectivity index (χ4n) is 2.87. The molecule has 2 aliphatic rings. The Hall–Kier alpha value is -0.610. The van der Waals surface area contributed by atoms with Crippen LogP contribution in [0, 0.1) is 11.8 Å². The van der Waals surface area contributed by atoms with Gasteiger partial charge < -0.3 is 15.8 Å². The second kappa shape index (κ2) is 5.15. The lowest BCUT2D eigenvalue weighted by Crippen LogP contribution is -2.44. The molecule has 0 spiro atoms. The van der Waals surface area contributed by atoms with E-state index in [1.165, 1.54) is 6.42 Å². The molecule has 1 aliphatic carbocycles. The maximum Gasteiger partial charge on any atom is 0.226 e. The minimum absolute atomic E-state index is 0.0408. The van der Waals surface area contributed by atoms with E-state index in [4.69, 9.17) is 10.5 Å². The van der Waals surface area contributed by atoms with E-state index >= 15 is 0 Å². The largest absolute Gasteiger partial charge is 0.378 e. The van der Waals surface area contributed by atoms with Crippen LogP contribution in [0.25, 0.3) is 0 Å². The summed E-state index contributed by atoms with van der Waals surface area (Å²) in [5, 5.41) is 3.15. The van der Waals surface area contributed by atoms with Crippen molar-refractivity contribution in [3.05, 3.63) is 0 Å². The monoisotopic (exact) mass is 226 g/mol. The summed E-state index contributed by atoms with van der Waals surface area (Å²) in [6, 6.07) is 0.297. The molecule has 4 atom stereocenters. The summed E-state index contributed by atoms with van der Waals surface area (Å²) in [5.41, 5.74) is 5.70. The molecule has 1 amide bonds. The zero-order valence-corrected chi connectivity index (χ0v) is 9.95. The molecule has 92 valence electrons. The van der Waals surface area contributed by atoms with Crippen molar-refractivity contribution in [3.63, 3.8) is 0 Å². The number of carbonyl (C=O) groups excluding carboxylic acids is 1. The Labute approximate surface area is 96.9 Å². The summed E-state index contributed by atoms with van der Waals surface area (Å²) < 4.78 is 5.42. The Bertz CT molecular complexity index is 257. The first-order chi connectivity index (χ1) is 7.72. The highest BCUT2D eigenvalue weighted by molar-refractivity contribution is 5.79. The van der Waals surface area contributed by atoms with Crippen molar-refractivity contribution in [1.82, 2.24) is 5.32 Å². The van der Waals surface area contributed by atoms with Crippen molar-refractivity contribution >= 4 is 5.91 Å². The van der Waals surface area contributed by atoms with Gasteiger partial charge in [-0.3, -0.25) is 4.79 Å². The van der Waals surface area contributed by atoms with Gasteiger partial charge in [-0.25, -0.2) is 0 Å². The topological polar surface area (TPSA) is 64.3 Å². The summed E-state index contributed by atoms with van der Waals surface area (Å²) in [4.78, 5) is 12.0. The van der Waals surface area contributed by atoms with E-state index in [-0.39, 0.29) is 17.9 Å². The van der Waals surface area contributed by atoms with Gasteiger partial charge in [-0.1, -0.05) is 6.42 Å². The SMILES string of the molecule is CC1OCCC1C(=O)NC1CCCC1CN. The fourth-order valence-corrected chi connectivity index (χ4v) is 2.87. The highest BCUT2D eigenvalue weighted by atomic mass is 16.5. The average Bonchev–Trinajstić information content (AvgIpc) is 2.86. The molecular formula is C12H22N2O2. The van der Waals surface area contributed by atoms with Gasteiger partial charge in [0.15, 0.2) is 0 Å². The predicted octanol–water partition coefficient (Wildman–Crippen LogP) is 0.655.